The van der Waals surface area contributed by atoms with Gasteiger partial charge in [-0.3, -0.25) is 4.90 Å². The van der Waals surface area contributed by atoms with E-state index in [2.05, 4.69) is 18.7 Å². The molecule has 2 N–H and O–H groups in total. The van der Waals surface area contributed by atoms with Crippen LogP contribution in [-0.2, 0) is 0 Å². The number of nitrogens with zero attached hydrogens (tertiary/aromatic N) is 1. The summed E-state index contributed by atoms with van der Waals surface area (Å²) in [4.78, 5) is 2.78. The van der Waals surface area contributed by atoms with Crippen molar-refractivity contribution in [2.45, 2.75) is 70.8 Å². The van der Waals surface area contributed by atoms with Gasteiger partial charge >= 0.3 is 0 Å². The summed E-state index contributed by atoms with van der Waals surface area (Å²) in [5.74, 6) is 1.84. The third-order valence-electron chi connectivity index (χ3n) is 5.71. The number of hydrogen-bond donors (Lipinski definition) is 1. The van der Waals surface area contributed by atoms with Gasteiger partial charge in [0, 0.05) is 12.1 Å². The van der Waals surface area contributed by atoms with Crippen LogP contribution in [0.15, 0.2) is 0 Å². The first-order valence-corrected chi connectivity index (χ1v) is 8.22. The lowest BCUT2D eigenvalue weighted by atomic mass is 9.80. The van der Waals surface area contributed by atoms with E-state index >= 15 is 0 Å². The SMILES string of the molecule is CCCC1CCN(C2(CN)CCCC2CC)CC1. The summed E-state index contributed by atoms with van der Waals surface area (Å²) < 4.78 is 0. The topological polar surface area (TPSA) is 29.3 Å². The smallest absolute Gasteiger partial charge is 0.0359 e. The second-order valence-corrected chi connectivity index (χ2v) is 6.52. The van der Waals surface area contributed by atoms with Crippen molar-refractivity contribution in [1.29, 1.82) is 0 Å². The molecular weight excluding hydrogens is 220 g/mol. The van der Waals surface area contributed by atoms with Gasteiger partial charge in [-0.1, -0.05) is 39.5 Å². The van der Waals surface area contributed by atoms with E-state index in [4.69, 9.17) is 5.73 Å². The van der Waals surface area contributed by atoms with E-state index in [1.54, 1.807) is 0 Å². The molecule has 2 rings (SSSR count). The number of hydrogen-bond acceptors (Lipinski definition) is 2. The Morgan fingerprint density at radius 2 is 1.89 bits per heavy atom. The number of nitrogens with two attached hydrogens (primary N) is 1. The Labute approximate surface area is 113 Å². The van der Waals surface area contributed by atoms with Crippen molar-refractivity contribution in [3.05, 3.63) is 0 Å². The van der Waals surface area contributed by atoms with E-state index < -0.39 is 0 Å². The number of piperidine rings is 1. The fourth-order valence-corrected chi connectivity index (χ4v) is 4.60. The van der Waals surface area contributed by atoms with Gasteiger partial charge in [0.25, 0.3) is 0 Å². The lowest BCUT2D eigenvalue weighted by Gasteiger charge is -2.48. The maximum atomic E-state index is 6.22. The van der Waals surface area contributed by atoms with Gasteiger partial charge in [0.2, 0.25) is 0 Å². The van der Waals surface area contributed by atoms with E-state index in [9.17, 15) is 0 Å². The third-order valence-corrected chi connectivity index (χ3v) is 5.71. The van der Waals surface area contributed by atoms with E-state index in [0.29, 0.717) is 5.54 Å². The summed E-state index contributed by atoms with van der Waals surface area (Å²) in [5.41, 5.74) is 6.58. The number of likely N-dealkylation sites (tertiary alicyclic amines) is 1. The summed E-state index contributed by atoms with van der Waals surface area (Å²) in [7, 11) is 0. The van der Waals surface area contributed by atoms with Crippen LogP contribution in [-0.4, -0.2) is 30.1 Å². The van der Waals surface area contributed by atoms with Crippen molar-refractivity contribution in [1.82, 2.24) is 4.90 Å². The summed E-state index contributed by atoms with van der Waals surface area (Å²) in [5, 5.41) is 0. The molecule has 0 aromatic rings. The lowest BCUT2D eigenvalue weighted by molar-refractivity contribution is 0.0237. The highest BCUT2D eigenvalue weighted by Gasteiger charge is 2.45. The molecule has 18 heavy (non-hydrogen) atoms. The summed E-state index contributed by atoms with van der Waals surface area (Å²) >= 11 is 0. The fraction of sp³-hybridized carbons (Fsp3) is 1.00. The minimum atomic E-state index is 0.367. The van der Waals surface area contributed by atoms with Crippen LogP contribution in [0.2, 0.25) is 0 Å². The fourth-order valence-electron chi connectivity index (χ4n) is 4.60. The Hall–Kier alpha value is -0.0800. The van der Waals surface area contributed by atoms with Crippen LogP contribution in [0.5, 0.6) is 0 Å². The predicted octanol–water partition coefficient (Wildman–Crippen LogP) is 3.41. The molecule has 1 saturated heterocycles. The highest BCUT2D eigenvalue weighted by atomic mass is 15.2. The normalized spacial score (nSPS) is 35.2. The molecule has 1 aliphatic heterocycles. The molecule has 0 aromatic heterocycles. The second kappa shape index (κ2) is 6.38. The van der Waals surface area contributed by atoms with Gasteiger partial charge < -0.3 is 5.73 Å². The van der Waals surface area contributed by atoms with Gasteiger partial charge in [0.15, 0.2) is 0 Å². The van der Waals surface area contributed by atoms with Gasteiger partial charge in [0.1, 0.15) is 0 Å². The maximum absolute atomic E-state index is 6.22. The van der Waals surface area contributed by atoms with Crippen molar-refractivity contribution in [3.8, 4) is 0 Å². The molecule has 0 spiro atoms. The molecule has 1 saturated carbocycles. The van der Waals surface area contributed by atoms with Crippen molar-refractivity contribution < 1.29 is 0 Å². The van der Waals surface area contributed by atoms with Gasteiger partial charge in [0.05, 0.1) is 0 Å². The van der Waals surface area contributed by atoms with Crippen molar-refractivity contribution in [2.75, 3.05) is 19.6 Å². The lowest BCUT2D eigenvalue weighted by Crippen LogP contribution is -2.58. The molecule has 0 radical (unpaired) electrons. The van der Waals surface area contributed by atoms with Crippen LogP contribution in [0.3, 0.4) is 0 Å². The predicted molar refractivity (Wildman–Crippen MR) is 78.6 cm³/mol. The van der Waals surface area contributed by atoms with Crippen LogP contribution >= 0.6 is 0 Å². The van der Waals surface area contributed by atoms with E-state index in [1.807, 2.05) is 0 Å². The van der Waals surface area contributed by atoms with Crippen molar-refractivity contribution >= 4 is 0 Å². The second-order valence-electron chi connectivity index (χ2n) is 6.52. The Balaban J connectivity index is 1.97. The van der Waals surface area contributed by atoms with Gasteiger partial charge in [-0.05, 0) is 50.6 Å². The molecule has 2 aliphatic rings. The van der Waals surface area contributed by atoms with Gasteiger partial charge in [-0.15, -0.1) is 0 Å². The molecule has 0 amide bonds. The van der Waals surface area contributed by atoms with Crippen molar-refractivity contribution in [3.63, 3.8) is 0 Å². The molecule has 1 aliphatic carbocycles. The molecule has 1 heterocycles. The molecule has 0 aromatic carbocycles. The minimum Gasteiger partial charge on any atom is -0.329 e. The molecule has 106 valence electrons. The minimum absolute atomic E-state index is 0.367. The molecule has 2 heteroatoms. The third kappa shape index (κ3) is 2.60. The van der Waals surface area contributed by atoms with Crippen LogP contribution in [0, 0.1) is 11.8 Å². The maximum Gasteiger partial charge on any atom is 0.0359 e. The molecule has 2 nitrogen and oxygen atoms in total. The Morgan fingerprint density at radius 3 is 2.44 bits per heavy atom. The quantitative estimate of drug-likeness (QED) is 0.812. The summed E-state index contributed by atoms with van der Waals surface area (Å²) in [6, 6.07) is 0. The summed E-state index contributed by atoms with van der Waals surface area (Å²) in [6.07, 6.45) is 11.1. The molecule has 2 unspecified atom stereocenters. The average Bonchev–Trinajstić information content (AvgIpc) is 2.84. The Bertz CT molecular complexity index is 245. The first-order chi connectivity index (χ1) is 8.76. The van der Waals surface area contributed by atoms with E-state index in [0.717, 1.165) is 18.4 Å². The average molecular weight is 252 g/mol. The highest BCUT2D eigenvalue weighted by Crippen LogP contribution is 2.43. The molecular formula is C16H32N2. The monoisotopic (exact) mass is 252 g/mol. The van der Waals surface area contributed by atoms with E-state index in [-0.39, 0.29) is 0 Å². The van der Waals surface area contributed by atoms with Crippen LogP contribution in [0.1, 0.15) is 65.2 Å². The van der Waals surface area contributed by atoms with Gasteiger partial charge in [-0.2, -0.15) is 0 Å². The Kier molecular flexibility index (Phi) is 5.08. The number of rotatable bonds is 5. The molecule has 2 atom stereocenters. The van der Waals surface area contributed by atoms with Gasteiger partial charge in [-0.25, -0.2) is 0 Å². The summed E-state index contributed by atoms with van der Waals surface area (Å²) in [6.45, 7) is 8.16. The highest BCUT2D eigenvalue weighted by molar-refractivity contribution is 5.02. The van der Waals surface area contributed by atoms with Crippen LogP contribution in [0.4, 0.5) is 0 Å². The zero-order chi connectivity index (χ0) is 13.0. The molecule has 0 bridgehead atoms. The largest absolute Gasteiger partial charge is 0.329 e. The first kappa shape index (κ1) is 14.3. The van der Waals surface area contributed by atoms with Crippen LogP contribution in [0.25, 0.3) is 0 Å². The Morgan fingerprint density at radius 1 is 1.17 bits per heavy atom. The standard InChI is InChI=1S/C16H32N2/c1-3-6-14-8-11-18(12-9-14)16(13-17)10-5-7-15(16)4-2/h14-15H,3-13,17H2,1-2H3. The zero-order valence-corrected chi connectivity index (χ0v) is 12.5. The molecule has 2 fully saturated rings. The van der Waals surface area contributed by atoms with E-state index in [1.165, 1.54) is 64.5 Å². The zero-order valence-electron chi connectivity index (χ0n) is 12.5. The van der Waals surface area contributed by atoms with Crippen LogP contribution < -0.4 is 5.73 Å². The van der Waals surface area contributed by atoms with Crippen molar-refractivity contribution in [2.24, 2.45) is 17.6 Å². The first-order valence-electron chi connectivity index (χ1n) is 8.22.